The molecule has 0 radical (unpaired) electrons. The first-order valence-corrected chi connectivity index (χ1v) is 5.36. The van der Waals surface area contributed by atoms with Crippen LogP contribution in [0.3, 0.4) is 0 Å². The Morgan fingerprint density at radius 2 is 2.19 bits per heavy atom. The van der Waals surface area contributed by atoms with Crippen molar-refractivity contribution in [1.29, 1.82) is 0 Å². The molecule has 0 aliphatic rings. The van der Waals surface area contributed by atoms with Crippen LogP contribution in [0.5, 0.6) is 0 Å². The third kappa shape index (κ3) is 2.73. The quantitative estimate of drug-likeness (QED) is 0.748. The topological polar surface area (TPSA) is 66.6 Å². The number of carbonyl (C=O) groups is 1. The van der Waals surface area contributed by atoms with Crippen LogP contribution in [0.2, 0.25) is 0 Å². The summed E-state index contributed by atoms with van der Waals surface area (Å²) in [5.41, 5.74) is 7.79. The Balaban J connectivity index is 2.94. The van der Waals surface area contributed by atoms with Gasteiger partial charge in [-0.2, -0.15) is 0 Å². The number of aryl methyl sites for hydroxylation is 1. The summed E-state index contributed by atoms with van der Waals surface area (Å²) in [6.45, 7) is 4.67. The highest BCUT2D eigenvalue weighted by molar-refractivity contribution is 5.96. The molecule has 0 atom stereocenters. The summed E-state index contributed by atoms with van der Waals surface area (Å²) in [4.78, 5) is 13.7. The standard InChI is InChI=1S/C12H18N2O2/c1-3-14(6-7-15)12(16)11-5-4-10(13)8-9(11)2/h4-5,8,15H,3,6-7,13H2,1-2H3. The number of aliphatic hydroxyl groups excluding tert-OH is 1. The number of nitrogens with zero attached hydrogens (tertiary/aromatic N) is 1. The lowest BCUT2D eigenvalue weighted by Crippen LogP contribution is -2.33. The lowest BCUT2D eigenvalue weighted by molar-refractivity contribution is 0.0731. The molecule has 0 aliphatic heterocycles. The summed E-state index contributed by atoms with van der Waals surface area (Å²) in [6.07, 6.45) is 0. The largest absolute Gasteiger partial charge is 0.399 e. The maximum atomic E-state index is 12.1. The SMILES string of the molecule is CCN(CCO)C(=O)c1ccc(N)cc1C. The minimum Gasteiger partial charge on any atom is -0.399 e. The molecule has 0 saturated heterocycles. The van der Waals surface area contributed by atoms with Crippen molar-refractivity contribution in [3.63, 3.8) is 0 Å². The van der Waals surface area contributed by atoms with Gasteiger partial charge in [0, 0.05) is 24.3 Å². The van der Waals surface area contributed by atoms with Crippen LogP contribution in [-0.2, 0) is 0 Å². The van der Waals surface area contributed by atoms with Crippen LogP contribution in [-0.4, -0.2) is 35.6 Å². The van der Waals surface area contributed by atoms with Gasteiger partial charge in [-0.1, -0.05) is 0 Å². The molecule has 3 N–H and O–H groups in total. The molecule has 4 nitrogen and oxygen atoms in total. The van der Waals surface area contributed by atoms with Crippen LogP contribution >= 0.6 is 0 Å². The van der Waals surface area contributed by atoms with Gasteiger partial charge in [-0.3, -0.25) is 4.79 Å². The highest BCUT2D eigenvalue weighted by Crippen LogP contribution is 2.14. The zero-order valence-corrected chi connectivity index (χ0v) is 9.73. The van der Waals surface area contributed by atoms with Crippen LogP contribution in [0.1, 0.15) is 22.8 Å². The highest BCUT2D eigenvalue weighted by Gasteiger charge is 2.15. The van der Waals surface area contributed by atoms with Crippen LogP contribution in [0, 0.1) is 6.92 Å². The second kappa shape index (κ2) is 5.51. The summed E-state index contributed by atoms with van der Waals surface area (Å²) in [6, 6.07) is 5.22. The van der Waals surface area contributed by atoms with Crippen LogP contribution in [0.15, 0.2) is 18.2 Å². The fourth-order valence-electron chi connectivity index (χ4n) is 1.62. The van der Waals surface area contributed by atoms with E-state index in [4.69, 9.17) is 10.8 Å². The monoisotopic (exact) mass is 222 g/mol. The maximum Gasteiger partial charge on any atom is 0.254 e. The highest BCUT2D eigenvalue weighted by atomic mass is 16.3. The number of aliphatic hydroxyl groups is 1. The molecule has 1 rings (SSSR count). The molecule has 0 aliphatic carbocycles. The average molecular weight is 222 g/mol. The van der Waals surface area contributed by atoms with E-state index in [9.17, 15) is 4.79 Å². The fourth-order valence-corrected chi connectivity index (χ4v) is 1.62. The average Bonchev–Trinajstić information content (AvgIpc) is 2.25. The lowest BCUT2D eigenvalue weighted by atomic mass is 10.1. The summed E-state index contributed by atoms with van der Waals surface area (Å²) in [5.74, 6) is -0.0611. The molecule has 0 bridgehead atoms. The van der Waals surface area contributed by atoms with Gasteiger partial charge >= 0.3 is 0 Å². The van der Waals surface area contributed by atoms with Crippen LogP contribution in [0.25, 0.3) is 0 Å². The molecule has 88 valence electrons. The van der Waals surface area contributed by atoms with Gasteiger partial charge in [-0.05, 0) is 37.6 Å². The maximum absolute atomic E-state index is 12.1. The zero-order chi connectivity index (χ0) is 12.1. The van der Waals surface area contributed by atoms with Gasteiger partial charge in [0.05, 0.1) is 6.61 Å². The third-order valence-corrected chi connectivity index (χ3v) is 2.52. The van der Waals surface area contributed by atoms with Crippen molar-refractivity contribution >= 4 is 11.6 Å². The van der Waals surface area contributed by atoms with E-state index in [0.717, 1.165) is 5.56 Å². The molecule has 0 spiro atoms. The number of rotatable bonds is 4. The number of hydrogen-bond acceptors (Lipinski definition) is 3. The Morgan fingerprint density at radius 3 is 2.69 bits per heavy atom. The lowest BCUT2D eigenvalue weighted by Gasteiger charge is -2.20. The van der Waals surface area contributed by atoms with E-state index >= 15 is 0 Å². The van der Waals surface area contributed by atoms with Crippen molar-refractivity contribution in [3.8, 4) is 0 Å². The number of likely N-dealkylation sites (N-methyl/N-ethyl adjacent to an activating group) is 1. The number of nitrogens with two attached hydrogens (primary N) is 1. The Hall–Kier alpha value is -1.55. The second-order valence-corrected chi connectivity index (χ2v) is 3.68. The predicted octanol–water partition coefficient (Wildman–Crippen LogP) is 1.03. The molecule has 0 heterocycles. The van der Waals surface area contributed by atoms with Crippen molar-refractivity contribution in [1.82, 2.24) is 4.90 Å². The predicted molar refractivity (Wildman–Crippen MR) is 64.3 cm³/mol. The zero-order valence-electron chi connectivity index (χ0n) is 9.73. The van der Waals surface area contributed by atoms with Gasteiger partial charge in [0.15, 0.2) is 0 Å². The Labute approximate surface area is 95.7 Å². The minimum absolute atomic E-state index is 0.0202. The first-order chi connectivity index (χ1) is 7.60. The van der Waals surface area contributed by atoms with Gasteiger partial charge in [0.25, 0.3) is 5.91 Å². The summed E-state index contributed by atoms with van der Waals surface area (Å²) < 4.78 is 0. The number of anilines is 1. The first kappa shape index (κ1) is 12.5. The molecule has 0 fully saturated rings. The summed E-state index contributed by atoms with van der Waals surface area (Å²) in [7, 11) is 0. The Bertz CT molecular complexity index is 377. The number of benzene rings is 1. The van der Waals surface area contributed by atoms with E-state index in [2.05, 4.69) is 0 Å². The number of carbonyl (C=O) groups excluding carboxylic acids is 1. The van der Waals surface area contributed by atoms with E-state index in [-0.39, 0.29) is 12.5 Å². The van der Waals surface area contributed by atoms with Gasteiger partial charge in [0.2, 0.25) is 0 Å². The smallest absolute Gasteiger partial charge is 0.254 e. The van der Waals surface area contributed by atoms with Gasteiger partial charge in [-0.25, -0.2) is 0 Å². The molecule has 16 heavy (non-hydrogen) atoms. The third-order valence-electron chi connectivity index (χ3n) is 2.52. The first-order valence-electron chi connectivity index (χ1n) is 5.36. The van der Waals surface area contributed by atoms with Crippen molar-refractivity contribution in [3.05, 3.63) is 29.3 Å². The van der Waals surface area contributed by atoms with E-state index in [1.165, 1.54) is 0 Å². The Morgan fingerprint density at radius 1 is 1.50 bits per heavy atom. The summed E-state index contributed by atoms with van der Waals surface area (Å²) >= 11 is 0. The molecule has 4 heteroatoms. The van der Waals surface area contributed by atoms with E-state index in [1.54, 1.807) is 23.1 Å². The minimum atomic E-state index is -0.0611. The van der Waals surface area contributed by atoms with Crippen molar-refractivity contribution in [2.24, 2.45) is 0 Å². The van der Waals surface area contributed by atoms with E-state index in [0.29, 0.717) is 24.3 Å². The van der Waals surface area contributed by atoms with E-state index < -0.39 is 0 Å². The van der Waals surface area contributed by atoms with Crippen molar-refractivity contribution in [2.45, 2.75) is 13.8 Å². The number of hydrogen-bond donors (Lipinski definition) is 2. The van der Waals surface area contributed by atoms with E-state index in [1.807, 2.05) is 13.8 Å². The molecule has 1 amide bonds. The second-order valence-electron chi connectivity index (χ2n) is 3.68. The normalized spacial score (nSPS) is 10.2. The Kier molecular flexibility index (Phi) is 4.31. The molecular weight excluding hydrogens is 204 g/mol. The molecule has 1 aromatic rings. The van der Waals surface area contributed by atoms with Crippen LogP contribution in [0.4, 0.5) is 5.69 Å². The van der Waals surface area contributed by atoms with Crippen molar-refractivity contribution < 1.29 is 9.90 Å². The fraction of sp³-hybridized carbons (Fsp3) is 0.417. The molecule has 0 aromatic heterocycles. The van der Waals surface area contributed by atoms with Crippen LogP contribution < -0.4 is 5.73 Å². The van der Waals surface area contributed by atoms with Crippen molar-refractivity contribution in [2.75, 3.05) is 25.4 Å². The molecule has 1 aromatic carbocycles. The summed E-state index contributed by atoms with van der Waals surface area (Å²) in [5, 5.41) is 8.86. The number of amides is 1. The molecule has 0 saturated carbocycles. The van der Waals surface area contributed by atoms with Gasteiger partial charge in [-0.15, -0.1) is 0 Å². The molecular formula is C12H18N2O2. The number of nitrogen functional groups attached to an aromatic ring is 1. The van der Waals surface area contributed by atoms with Gasteiger partial charge in [0.1, 0.15) is 0 Å². The van der Waals surface area contributed by atoms with Gasteiger partial charge < -0.3 is 15.7 Å². The molecule has 0 unspecified atom stereocenters.